The van der Waals surface area contributed by atoms with E-state index in [0.717, 1.165) is 30.0 Å². The Morgan fingerprint density at radius 1 is 1.30 bits per heavy atom. The minimum atomic E-state index is 0.402. The lowest BCUT2D eigenvalue weighted by Crippen LogP contribution is -2.03. The molecule has 3 rings (SSSR count). The van der Waals surface area contributed by atoms with Crippen LogP contribution in [-0.2, 0) is 13.0 Å². The molecule has 3 nitrogen and oxygen atoms in total. The van der Waals surface area contributed by atoms with Gasteiger partial charge in [-0.2, -0.15) is 0 Å². The van der Waals surface area contributed by atoms with Gasteiger partial charge in [0.2, 0.25) is 0 Å². The molecule has 1 N–H and O–H groups in total. The predicted molar refractivity (Wildman–Crippen MR) is 82.0 cm³/mol. The van der Waals surface area contributed by atoms with Gasteiger partial charge in [-0.05, 0) is 35.7 Å². The van der Waals surface area contributed by atoms with Crippen molar-refractivity contribution in [2.45, 2.75) is 19.9 Å². The second-order valence-corrected chi connectivity index (χ2v) is 5.57. The summed E-state index contributed by atoms with van der Waals surface area (Å²) in [6.07, 6.45) is 0.978. The predicted octanol–water partition coefficient (Wildman–Crippen LogP) is 4.24. The number of benzene rings is 1. The number of rotatable bonds is 3. The average molecular weight is 309 g/mol. The van der Waals surface area contributed by atoms with Crippen LogP contribution in [0, 0.1) is 6.92 Å². The molecule has 1 aliphatic heterocycles. The van der Waals surface area contributed by atoms with Crippen molar-refractivity contribution in [1.82, 2.24) is 4.98 Å². The van der Waals surface area contributed by atoms with E-state index in [9.17, 15) is 0 Å². The van der Waals surface area contributed by atoms with E-state index in [0.29, 0.717) is 16.9 Å². The Hall–Kier alpha value is -1.45. The number of nitrogens with zero attached hydrogens (tertiary/aromatic N) is 1. The van der Waals surface area contributed by atoms with Crippen molar-refractivity contribution in [3.05, 3.63) is 51.3 Å². The molecule has 0 fully saturated rings. The van der Waals surface area contributed by atoms with Gasteiger partial charge in [-0.1, -0.05) is 35.3 Å². The van der Waals surface area contributed by atoms with Crippen LogP contribution in [0.5, 0.6) is 5.75 Å². The van der Waals surface area contributed by atoms with Crippen LogP contribution in [0.1, 0.15) is 16.7 Å². The lowest BCUT2D eigenvalue weighted by Gasteiger charge is -2.12. The van der Waals surface area contributed by atoms with E-state index in [4.69, 9.17) is 27.9 Å². The molecule has 104 valence electrons. The maximum atomic E-state index is 6.12. The summed E-state index contributed by atoms with van der Waals surface area (Å²) < 4.78 is 5.50. The number of aryl methyl sites for hydroxylation is 1. The second kappa shape index (κ2) is 5.51. The first kappa shape index (κ1) is 13.5. The van der Waals surface area contributed by atoms with Gasteiger partial charge in [-0.15, -0.1) is 0 Å². The zero-order valence-corrected chi connectivity index (χ0v) is 12.6. The fourth-order valence-electron chi connectivity index (χ4n) is 2.35. The minimum Gasteiger partial charge on any atom is -0.493 e. The summed E-state index contributed by atoms with van der Waals surface area (Å²) in [5.74, 6) is 0.996. The third kappa shape index (κ3) is 2.69. The number of aromatic nitrogens is 1. The number of hydrogen-bond acceptors (Lipinski definition) is 3. The van der Waals surface area contributed by atoms with Crippen LogP contribution in [0.15, 0.2) is 24.3 Å². The van der Waals surface area contributed by atoms with Gasteiger partial charge in [-0.3, -0.25) is 0 Å². The summed E-state index contributed by atoms with van der Waals surface area (Å²) in [4.78, 5) is 4.05. The number of nitrogens with one attached hydrogen (secondary N) is 1. The van der Waals surface area contributed by atoms with Gasteiger partial charge < -0.3 is 10.1 Å². The standard InChI is InChI=1S/C15H14Cl2N2O/c1-9-6-13(16)19-15(17)14(9)18-8-10-2-3-12-11(7-10)4-5-20-12/h2-3,6-7,18H,4-5,8H2,1H3. The molecule has 0 aliphatic carbocycles. The molecule has 0 bridgehead atoms. The molecule has 0 unspecified atom stereocenters. The molecule has 0 spiro atoms. The highest BCUT2D eigenvalue weighted by molar-refractivity contribution is 6.34. The van der Waals surface area contributed by atoms with E-state index in [1.165, 1.54) is 11.1 Å². The molecule has 2 aromatic rings. The summed E-state index contributed by atoms with van der Waals surface area (Å²) in [7, 11) is 0. The number of anilines is 1. The van der Waals surface area contributed by atoms with Crippen LogP contribution in [-0.4, -0.2) is 11.6 Å². The fraction of sp³-hybridized carbons (Fsp3) is 0.267. The van der Waals surface area contributed by atoms with Crippen LogP contribution in [0.4, 0.5) is 5.69 Å². The van der Waals surface area contributed by atoms with Gasteiger partial charge in [0.1, 0.15) is 10.9 Å². The quantitative estimate of drug-likeness (QED) is 0.861. The Morgan fingerprint density at radius 2 is 2.15 bits per heavy atom. The van der Waals surface area contributed by atoms with Crippen LogP contribution < -0.4 is 10.1 Å². The van der Waals surface area contributed by atoms with E-state index in [1.54, 1.807) is 6.07 Å². The van der Waals surface area contributed by atoms with E-state index in [1.807, 2.05) is 13.0 Å². The van der Waals surface area contributed by atoms with Crippen LogP contribution in [0.2, 0.25) is 10.3 Å². The topological polar surface area (TPSA) is 34.2 Å². The van der Waals surface area contributed by atoms with Crippen LogP contribution in [0.25, 0.3) is 0 Å². The molecule has 2 heterocycles. The van der Waals surface area contributed by atoms with Crippen molar-refractivity contribution in [2.24, 2.45) is 0 Å². The molecule has 1 aliphatic rings. The number of fused-ring (bicyclic) bond motifs is 1. The molecule has 0 amide bonds. The average Bonchev–Trinajstić information content (AvgIpc) is 2.84. The van der Waals surface area contributed by atoms with Crippen molar-refractivity contribution in [3.63, 3.8) is 0 Å². The van der Waals surface area contributed by atoms with Gasteiger partial charge in [-0.25, -0.2) is 4.98 Å². The molecule has 1 aromatic heterocycles. The molecule has 0 saturated carbocycles. The number of pyridine rings is 1. The first-order valence-electron chi connectivity index (χ1n) is 6.44. The second-order valence-electron chi connectivity index (χ2n) is 4.82. The van der Waals surface area contributed by atoms with Crippen LogP contribution in [0.3, 0.4) is 0 Å². The van der Waals surface area contributed by atoms with Crippen molar-refractivity contribution < 1.29 is 4.74 Å². The van der Waals surface area contributed by atoms with Gasteiger partial charge in [0, 0.05) is 13.0 Å². The van der Waals surface area contributed by atoms with Crippen LogP contribution >= 0.6 is 23.2 Å². The van der Waals surface area contributed by atoms with E-state index in [-0.39, 0.29) is 0 Å². The summed E-state index contributed by atoms with van der Waals surface area (Å²) in [5.41, 5.74) is 4.27. The molecular weight excluding hydrogens is 295 g/mol. The summed E-state index contributed by atoms with van der Waals surface area (Å²) in [6.45, 7) is 3.42. The Morgan fingerprint density at radius 3 is 2.95 bits per heavy atom. The third-order valence-corrected chi connectivity index (χ3v) is 3.83. The highest BCUT2D eigenvalue weighted by atomic mass is 35.5. The highest BCUT2D eigenvalue weighted by Gasteiger charge is 2.12. The maximum absolute atomic E-state index is 6.12. The van der Waals surface area contributed by atoms with Gasteiger partial charge in [0.25, 0.3) is 0 Å². The SMILES string of the molecule is Cc1cc(Cl)nc(Cl)c1NCc1ccc2c(c1)CCO2. The van der Waals surface area contributed by atoms with E-state index >= 15 is 0 Å². The highest BCUT2D eigenvalue weighted by Crippen LogP contribution is 2.29. The fourth-order valence-corrected chi connectivity index (χ4v) is 2.95. The van der Waals surface area contributed by atoms with E-state index in [2.05, 4.69) is 22.4 Å². The van der Waals surface area contributed by atoms with Crippen molar-refractivity contribution in [3.8, 4) is 5.75 Å². The first-order valence-corrected chi connectivity index (χ1v) is 7.20. The Labute approximate surface area is 127 Å². The van der Waals surface area contributed by atoms with Crippen molar-refractivity contribution in [2.75, 3.05) is 11.9 Å². The molecule has 0 saturated heterocycles. The molecule has 0 atom stereocenters. The van der Waals surface area contributed by atoms with Crippen molar-refractivity contribution >= 4 is 28.9 Å². The number of ether oxygens (including phenoxy) is 1. The zero-order chi connectivity index (χ0) is 14.1. The smallest absolute Gasteiger partial charge is 0.154 e. The van der Waals surface area contributed by atoms with Gasteiger partial charge in [0.05, 0.1) is 12.3 Å². The normalized spacial score (nSPS) is 12.9. The Kier molecular flexibility index (Phi) is 3.72. The summed E-state index contributed by atoms with van der Waals surface area (Å²) >= 11 is 12.0. The largest absolute Gasteiger partial charge is 0.493 e. The lowest BCUT2D eigenvalue weighted by atomic mass is 10.1. The third-order valence-electron chi connectivity index (χ3n) is 3.36. The summed E-state index contributed by atoms with van der Waals surface area (Å²) in [5, 5.41) is 4.13. The number of halogens is 2. The van der Waals surface area contributed by atoms with E-state index < -0.39 is 0 Å². The molecule has 0 radical (unpaired) electrons. The lowest BCUT2D eigenvalue weighted by molar-refractivity contribution is 0.357. The monoisotopic (exact) mass is 308 g/mol. The molecule has 1 aromatic carbocycles. The molecule has 5 heteroatoms. The molecule has 20 heavy (non-hydrogen) atoms. The van der Waals surface area contributed by atoms with Gasteiger partial charge in [0.15, 0.2) is 5.15 Å². The Balaban J connectivity index is 1.77. The zero-order valence-electron chi connectivity index (χ0n) is 11.0. The first-order chi connectivity index (χ1) is 9.63. The summed E-state index contributed by atoms with van der Waals surface area (Å²) in [6, 6.07) is 8.05. The minimum absolute atomic E-state index is 0.402. The Bertz CT molecular complexity index is 635. The maximum Gasteiger partial charge on any atom is 0.154 e. The van der Waals surface area contributed by atoms with Crippen molar-refractivity contribution in [1.29, 1.82) is 0 Å². The van der Waals surface area contributed by atoms with Gasteiger partial charge >= 0.3 is 0 Å². The number of hydrogen-bond donors (Lipinski definition) is 1. The molecular formula is C15H14Cl2N2O.